The van der Waals surface area contributed by atoms with Gasteiger partial charge in [0.25, 0.3) is 0 Å². The van der Waals surface area contributed by atoms with Crippen LogP contribution in [0, 0.1) is 0 Å². The van der Waals surface area contributed by atoms with Gasteiger partial charge in [0.05, 0.1) is 18.2 Å². The minimum atomic E-state index is -1.63. The Kier molecular flexibility index (Phi) is 9.12. The van der Waals surface area contributed by atoms with Crippen LogP contribution < -0.4 is 21.7 Å². The second-order valence-electron chi connectivity index (χ2n) is 8.19. The highest BCUT2D eigenvalue weighted by molar-refractivity contribution is 5.94. The molecule has 9 N–H and O–H groups in total. The standard InChI is InChI=1S/C22H31N5O7/c1-10(19(30)26-17(11(2)28)21(32)27-18(12(3)29)22(33)34)25-20(31)15(23)8-13-9-24-16-7-5-4-6-14(13)16/h4-7,9-12,15,17-18,24,28-29H,8,23H2,1-3H3,(H,25,31)(H,26,30)(H,27,32)(H,33,34). The molecule has 6 unspecified atom stereocenters. The van der Waals surface area contributed by atoms with Gasteiger partial charge < -0.3 is 42.0 Å². The highest BCUT2D eigenvalue weighted by Crippen LogP contribution is 2.18. The Hall–Kier alpha value is -3.48. The quantitative estimate of drug-likeness (QED) is 0.188. The first kappa shape index (κ1) is 26.8. The number of aliphatic hydroxyl groups excluding tert-OH is 2. The lowest BCUT2D eigenvalue weighted by Crippen LogP contribution is -2.60. The number of aromatic amines is 1. The number of nitrogens with two attached hydrogens (primary N) is 1. The summed E-state index contributed by atoms with van der Waals surface area (Å²) in [5, 5.41) is 36.3. The van der Waals surface area contributed by atoms with E-state index in [9.17, 15) is 29.4 Å². The third-order valence-electron chi connectivity index (χ3n) is 5.31. The number of rotatable bonds is 11. The highest BCUT2D eigenvalue weighted by atomic mass is 16.4. The van der Waals surface area contributed by atoms with Gasteiger partial charge in [-0.1, -0.05) is 18.2 Å². The van der Waals surface area contributed by atoms with Gasteiger partial charge in [-0.25, -0.2) is 4.79 Å². The number of carboxylic acids is 1. The third kappa shape index (κ3) is 6.76. The van der Waals surface area contributed by atoms with Crippen LogP contribution in [0.3, 0.4) is 0 Å². The summed E-state index contributed by atoms with van der Waals surface area (Å²) in [6.07, 6.45) is -0.820. The number of aromatic nitrogens is 1. The normalized spacial score (nSPS) is 16.5. The number of hydrogen-bond donors (Lipinski definition) is 8. The molecule has 186 valence electrons. The number of H-pyrrole nitrogens is 1. The van der Waals surface area contributed by atoms with Crippen molar-refractivity contribution >= 4 is 34.6 Å². The second-order valence-corrected chi connectivity index (χ2v) is 8.19. The van der Waals surface area contributed by atoms with Crippen molar-refractivity contribution in [3.63, 3.8) is 0 Å². The Morgan fingerprint density at radius 1 is 0.912 bits per heavy atom. The first-order valence-corrected chi connectivity index (χ1v) is 10.7. The number of aliphatic carboxylic acids is 1. The fraction of sp³-hybridized carbons (Fsp3) is 0.455. The van der Waals surface area contributed by atoms with Crippen molar-refractivity contribution in [3.8, 4) is 0 Å². The maximum atomic E-state index is 12.5. The molecule has 0 aliphatic carbocycles. The van der Waals surface area contributed by atoms with E-state index in [1.807, 2.05) is 24.3 Å². The van der Waals surface area contributed by atoms with Crippen LogP contribution in [-0.2, 0) is 25.6 Å². The summed E-state index contributed by atoms with van der Waals surface area (Å²) in [6, 6.07) is 2.32. The fourth-order valence-corrected chi connectivity index (χ4v) is 3.33. The van der Waals surface area contributed by atoms with Crippen LogP contribution in [-0.4, -0.2) is 80.4 Å². The van der Waals surface area contributed by atoms with E-state index < -0.39 is 60.1 Å². The molecule has 12 heteroatoms. The van der Waals surface area contributed by atoms with Crippen molar-refractivity contribution in [2.24, 2.45) is 5.73 Å². The molecule has 0 saturated heterocycles. The molecule has 6 atom stereocenters. The largest absolute Gasteiger partial charge is 0.480 e. The Balaban J connectivity index is 1.97. The predicted octanol–water partition coefficient (Wildman–Crippen LogP) is -1.64. The van der Waals surface area contributed by atoms with E-state index in [-0.39, 0.29) is 6.42 Å². The molecule has 2 aromatic rings. The molecule has 34 heavy (non-hydrogen) atoms. The van der Waals surface area contributed by atoms with Crippen molar-refractivity contribution in [3.05, 3.63) is 36.0 Å². The SMILES string of the molecule is CC(NC(=O)C(N)Cc1c[nH]c2ccccc12)C(=O)NC(C(=O)NC(C(=O)O)C(C)O)C(C)O. The van der Waals surface area contributed by atoms with Gasteiger partial charge in [0, 0.05) is 17.1 Å². The molecule has 1 heterocycles. The Morgan fingerprint density at radius 2 is 1.50 bits per heavy atom. The zero-order valence-corrected chi connectivity index (χ0v) is 19.1. The number of carbonyl (C=O) groups excluding carboxylic acids is 3. The van der Waals surface area contributed by atoms with Crippen LogP contribution in [0.2, 0.25) is 0 Å². The van der Waals surface area contributed by atoms with Gasteiger partial charge >= 0.3 is 5.97 Å². The van der Waals surface area contributed by atoms with E-state index in [2.05, 4.69) is 20.9 Å². The monoisotopic (exact) mass is 477 g/mol. The molecule has 0 spiro atoms. The van der Waals surface area contributed by atoms with E-state index in [1.165, 1.54) is 20.8 Å². The smallest absolute Gasteiger partial charge is 0.328 e. The molecule has 2 rings (SSSR count). The van der Waals surface area contributed by atoms with Gasteiger partial charge in [-0.2, -0.15) is 0 Å². The van der Waals surface area contributed by atoms with Crippen molar-refractivity contribution < 1.29 is 34.5 Å². The van der Waals surface area contributed by atoms with Gasteiger partial charge in [-0.15, -0.1) is 0 Å². The molecular formula is C22H31N5O7. The van der Waals surface area contributed by atoms with E-state index in [4.69, 9.17) is 10.8 Å². The minimum absolute atomic E-state index is 0.221. The number of benzene rings is 1. The molecule has 0 aliphatic rings. The summed E-state index contributed by atoms with van der Waals surface area (Å²) in [7, 11) is 0. The summed E-state index contributed by atoms with van der Waals surface area (Å²) in [4.78, 5) is 51.7. The van der Waals surface area contributed by atoms with Crippen molar-refractivity contribution in [1.29, 1.82) is 0 Å². The number of fused-ring (bicyclic) bond motifs is 1. The van der Waals surface area contributed by atoms with Crippen LogP contribution in [0.25, 0.3) is 10.9 Å². The van der Waals surface area contributed by atoms with Gasteiger partial charge in [0.15, 0.2) is 6.04 Å². The summed E-state index contributed by atoms with van der Waals surface area (Å²) >= 11 is 0. The van der Waals surface area contributed by atoms with E-state index >= 15 is 0 Å². The van der Waals surface area contributed by atoms with Gasteiger partial charge in [-0.3, -0.25) is 14.4 Å². The predicted molar refractivity (Wildman–Crippen MR) is 122 cm³/mol. The Bertz CT molecular complexity index is 1040. The molecule has 0 saturated carbocycles. The van der Waals surface area contributed by atoms with Crippen LogP contribution in [0.1, 0.15) is 26.3 Å². The van der Waals surface area contributed by atoms with Crippen LogP contribution in [0.5, 0.6) is 0 Å². The third-order valence-corrected chi connectivity index (χ3v) is 5.31. The van der Waals surface area contributed by atoms with Gasteiger partial charge in [-0.05, 0) is 38.8 Å². The molecule has 3 amide bonds. The number of carbonyl (C=O) groups is 4. The minimum Gasteiger partial charge on any atom is -0.480 e. The first-order chi connectivity index (χ1) is 15.9. The zero-order chi connectivity index (χ0) is 25.6. The van der Waals surface area contributed by atoms with E-state index in [1.54, 1.807) is 6.20 Å². The van der Waals surface area contributed by atoms with Crippen molar-refractivity contribution in [2.75, 3.05) is 0 Å². The zero-order valence-electron chi connectivity index (χ0n) is 19.1. The lowest BCUT2D eigenvalue weighted by molar-refractivity contribution is -0.146. The van der Waals surface area contributed by atoms with Crippen LogP contribution in [0.15, 0.2) is 30.5 Å². The number of para-hydroxylation sites is 1. The number of aliphatic hydroxyl groups is 2. The summed E-state index contributed by atoms with van der Waals surface area (Å²) in [5.41, 5.74) is 7.76. The molecule has 0 fully saturated rings. The fourth-order valence-electron chi connectivity index (χ4n) is 3.33. The highest BCUT2D eigenvalue weighted by Gasteiger charge is 2.33. The van der Waals surface area contributed by atoms with Gasteiger partial charge in [0.2, 0.25) is 17.7 Å². The van der Waals surface area contributed by atoms with E-state index in [0.717, 1.165) is 16.5 Å². The Morgan fingerprint density at radius 3 is 2.09 bits per heavy atom. The number of hydrogen-bond acceptors (Lipinski definition) is 7. The summed E-state index contributed by atoms with van der Waals surface area (Å²) < 4.78 is 0. The maximum Gasteiger partial charge on any atom is 0.328 e. The van der Waals surface area contributed by atoms with Crippen molar-refractivity contribution in [1.82, 2.24) is 20.9 Å². The first-order valence-electron chi connectivity index (χ1n) is 10.7. The number of carboxylic acid groups (broad SMARTS) is 1. The molecular weight excluding hydrogens is 446 g/mol. The van der Waals surface area contributed by atoms with E-state index in [0.29, 0.717) is 0 Å². The molecule has 12 nitrogen and oxygen atoms in total. The lowest BCUT2D eigenvalue weighted by Gasteiger charge is -2.26. The maximum absolute atomic E-state index is 12.5. The second kappa shape index (κ2) is 11.6. The number of nitrogens with one attached hydrogen (secondary N) is 4. The molecule has 0 bridgehead atoms. The number of amides is 3. The average molecular weight is 478 g/mol. The van der Waals surface area contributed by atoms with Gasteiger partial charge in [0.1, 0.15) is 12.1 Å². The molecule has 0 aliphatic heterocycles. The topological polar surface area (TPSA) is 207 Å². The van der Waals surface area contributed by atoms with Crippen LogP contribution >= 0.6 is 0 Å². The molecule has 1 aromatic heterocycles. The Labute approximate surface area is 195 Å². The summed E-state index contributed by atoms with van der Waals surface area (Å²) in [6.45, 7) is 3.77. The van der Waals surface area contributed by atoms with Crippen LogP contribution in [0.4, 0.5) is 0 Å². The molecule has 1 aromatic carbocycles. The molecule has 0 radical (unpaired) electrons. The average Bonchev–Trinajstić information content (AvgIpc) is 3.17. The summed E-state index contributed by atoms with van der Waals surface area (Å²) in [5.74, 6) is -3.88. The lowest BCUT2D eigenvalue weighted by atomic mass is 10.0. The van der Waals surface area contributed by atoms with Crippen molar-refractivity contribution in [2.45, 2.75) is 63.6 Å².